The molecule has 0 saturated heterocycles. The zero-order valence-electron chi connectivity index (χ0n) is 14.8. The van der Waals surface area contributed by atoms with E-state index in [1.165, 1.54) is 6.26 Å². The Morgan fingerprint density at radius 3 is 2.52 bits per heavy atom. The summed E-state index contributed by atoms with van der Waals surface area (Å²) in [5.41, 5.74) is 3.60. The molecule has 0 bridgehead atoms. The van der Waals surface area contributed by atoms with Crippen molar-refractivity contribution in [3.05, 3.63) is 35.1 Å². The van der Waals surface area contributed by atoms with Gasteiger partial charge in [-0.25, -0.2) is 4.79 Å². The fourth-order valence-corrected chi connectivity index (χ4v) is 2.29. The number of urea groups is 1. The maximum atomic E-state index is 11.9. The van der Waals surface area contributed by atoms with E-state index in [9.17, 15) is 14.4 Å². The third kappa shape index (κ3) is 5.07. The molecule has 1 aromatic heterocycles. The largest absolute Gasteiger partial charge is 0.464 e. The maximum absolute atomic E-state index is 11.9. The van der Waals surface area contributed by atoms with E-state index in [4.69, 9.17) is 9.15 Å². The molecular formula is C18H22N2O5. The molecule has 2 N–H and O–H groups in total. The van der Waals surface area contributed by atoms with Gasteiger partial charge in [0.2, 0.25) is 0 Å². The van der Waals surface area contributed by atoms with Crippen LogP contribution < -0.4 is 10.6 Å². The van der Waals surface area contributed by atoms with Crippen LogP contribution in [0, 0.1) is 13.8 Å². The topological polar surface area (TPSA) is 97.6 Å². The summed E-state index contributed by atoms with van der Waals surface area (Å²) in [6, 6.07) is 3.15. The molecule has 1 heterocycles. The smallest absolute Gasteiger partial charge is 0.321 e. The maximum Gasteiger partial charge on any atom is 0.321 e. The van der Waals surface area contributed by atoms with Crippen molar-refractivity contribution in [2.45, 2.75) is 40.2 Å². The fourth-order valence-electron chi connectivity index (χ4n) is 2.29. The standard InChI is InChI=1S/C18H22N2O5/c1-10(2)19-18(23)20-16(21)9-25-17(22)7-13-8-24-15-6-12(4)11(3)5-14(13)15/h5-6,8,10H,7,9H2,1-4H3,(H2,19,20,21,23). The Hall–Kier alpha value is -2.83. The van der Waals surface area contributed by atoms with E-state index in [1.54, 1.807) is 13.8 Å². The average Bonchev–Trinajstić information content (AvgIpc) is 2.87. The van der Waals surface area contributed by atoms with Crippen molar-refractivity contribution in [3.63, 3.8) is 0 Å². The number of esters is 1. The second kappa shape index (κ2) is 7.83. The van der Waals surface area contributed by atoms with Crippen LogP contribution in [0.2, 0.25) is 0 Å². The summed E-state index contributed by atoms with van der Waals surface area (Å²) in [5, 5.41) is 5.44. The number of fused-ring (bicyclic) bond motifs is 1. The minimum Gasteiger partial charge on any atom is -0.464 e. The molecule has 2 aromatic rings. The number of rotatable bonds is 5. The van der Waals surface area contributed by atoms with Gasteiger partial charge in [-0.1, -0.05) is 0 Å². The molecule has 25 heavy (non-hydrogen) atoms. The Balaban J connectivity index is 1.89. The van der Waals surface area contributed by atoms with Gasteiger partial charge in [0.1, 0.15) is 5.58 Å². The summed E-state index contributed by atoms with van der Waals surface area (Å²) in [4.78, 5) is 34.9. The van der Waals surface area contributed by atoms with Crippen LogP contribution in [0.25, 0.3) is 11.0 Å². The van der Waals surface area contributed by atoms with Crippen LogP contribution in [0.15, 0.2) is 22.8 Å². The molecule has 0 fully saturated rings. The van der Waals surface area contributed by atoms with Crippen LogP contribution in [-0.4, -0.2) is 30.6 Å². The number of nitrogens with one attached hydrogen (secondary N) is 2. The predicted octanol–water partition coefficient (Wildman–Crippen LogP) is 2.37. The molecule has 0 saturated carbocycles. The first kappa shape index (κ1) is 18.5. The highest BCUT2D eigenvalue weighted by Gasteiger charge is 2.15. The van der Waals surface area contributed by atoms with Crippen LogP contribution in [0.1, 0.15) is 30.5 Å². The monoisotopic (exact) mass is 346 g/mol. The Bertz CT molecular complexity index is 807. The van der Waals surface area contributed by atoms with Crippen molar-refractivity contribution in [2.75, 3.05) is 6.61 Å². The second-order valence-corrected chi connectivity index (χ2v) is 6.21. The molecule has 3 amide bonds. The minimum absolute atomic E-state index is 0.0129. The van der Waals surface area contributed by atoms with E-state index < -0.39 is 24.5 Å². The van der Waals surface area contributed by atoms with Gasteiger partial charge < -0.3 is 14.5 Å². The highest BCUT2D eigenvalue weighted by atomic mass is 16.5. The van der Waals surface area contributed by atoms with Crippen molar-refractivity contribution in [3.8, 4) is 0 Å². The lowest BCUT2D eigenvalue weighted by atomic mass is 10.0. The zero-order chi connectivity index (χ0) is 18.6. The molecule has 1 aromatic carbocycles. The van der Waals surface area contributed by atoms with Gasteiger partial charge in [0.25, 0.3) is 5.91 Å². The molecule has 0 unspecified atom stereocenters. The van der Waals surface area contributed by atoms with E-state index >= 15 is 0 Å². The summed E-state index contributed by atoms with van der Waals surface area (Å²) < 4.78 is 10.4. The lowest BCUT2D eigenvalue weighted by molar-refractivity contribution is -0.147. The SMILES string of the molecule is Cc1cc2occ(CC(=O)OCC(=O)NC(=O)NC(C)C)c2cc1C. The summed E-state index contributed by atoms with van der Waals surface area (Å²) in [6.07, 6.45) is 1.50. The number of carbonyl (C=O) groups is 3. The number of hydrogen-bond acceptors (Lipinski definition) is 5. The Kier molecular flexibility index (Phi) is 5.80. The van der Waals surface area contributed by atoms with Crippen molar-refractivity contribution < 1.29 is 23.5 Å². The second-order valence-electron chi connectivity index (χ2n) is 6.21. The highest BCUT2D eigenvalue weighted by Crippen LogP contribution is 2.25. The van der Waals surface area contributed by atoms with Crippen LogP contribution >= 0.6 is 0 Å². The number of benzene rings is 1. The quantitative estimate of drug-likeness (QED) is 0.810. The molecule has 0 aliphatic rings. The van der Waals surface area contributed by atoms with Crippen LogP contribution in [0.3, 0.4) is 0 Å². The molecule has 134 valence electrons. The first-order valence-corrected chi connectivity index (χ1v) is 7.99. The van der Waals surface area contributed by atoms with Gasteiger partial charge in [0.15, 0.2) is 6.61 Å². The molecule has 7 heteroatoms. The van der Waals surface area contributed by atoms with E-state index in [2.05, 4.69) is 10.6 Å². The van der Waals surface area contributed by atoms with Crippen molar-refractivity contribution in [1.29, 1.82) is 0 Å². The number of imide groups is 1. The molecule has 0 spiro atoms. The van der Waals surface area contributed by atoms with Crippen LogP contribution in [0.5, 0.6) is 0 Å². The average molecular weight is 346 g/mol. The number of furan rings is 1. The molecule has 0 radical (unpaired) electrons. The zero-order valence-corrected chi connectivity index (χ0v) is 14.8. The van der Waals surface area contributed by atoms with Gasteiger partial charge in [-0.15, -0.1) is 0 Å². The van der Waals surface area contributed by atoms with Crippen molar-refractivity contribution in [1.82, 2.24) is 10.6 Å². The Morgan fingerprint density at radius 1 is 1.16 bits per heavy atom. The molecule has 7 nitrogen and oxygen atoms in total. The fraction of sp³-hybridized carbons (Fsp3) is 0.389. The van der Waals surface area contributed by atoms with Gasteiger partial charge in [-0.2, -0.15) is 0 Å². The number of carbonyl (C=O) groups excluding carboxylic acids is 3. The number of aryl methyl sites for hydroxylation is 2. The molecule has 0 aliphatic carbocycles. The molecular weight excluding hydrogens is 324 g/mol. The van der Waals surface area contributed by atoms with Crippen LogP contribution in [0.4, 0.5) is 4.79 Å². The normalized spacial score (nSPS) is 10.8. The van der Waals surface area contributed by atoms with Gasteiger partial charge >= 0.3 is 12.0 Å². The van der Waals surface area contributed by atoms with E-state index in [1.807, 2.05) is 26.0 Å². The molecule has 0 aliphatic heterocycles. The number of amides is 3. The Labute approximate surface area is 145 Å². The summed E-state index contributed by atoms with van der Waals surface area (Å²) >= 11 is 0. The summed E-state index contributed by atoms with van der Waals surface area (Å²) in [7, 11) is 0. The third-order valence-electron chi connectivity index (χ3n) is 3.64. The summed E-state index contributed by atoms with van der Waals surface area (Å²) in [5.74, 6) is -1.25. The van der Waals surface area contributed by atoms with Crippen molar-refractivity contribution in [2.24, 2.45) is 0 Å². The van der Waals surface area contributed by atoms with E-state index in [-0.39, 0.29) is 12.5 Å². The highest BCUT2D eigenvalue weighted by molar-refractivity contribution is 5.95. The van der Waals surface area contributed by atoms with Gasteiger partial charge in [-0.3, -0.25) is 14.9 Å². The van der Waals surface area contributed by atoms with Gasteiger partial charge in [0.05, 0.1) is 12.7 Å². The van der Waals surface area contributed by atoms with Gasteiger partial charge in [0, 0.05) is 17.0 Å². The first-order chi connectivity index (χ1) is 11.8. The van der Waals surface area contributed by atoms with Crippen molar-refractivity contribution >= 4 is 28.9 Å². The van der Waals surface area contributed by atoms with Crippen LogP contribution in [-0.2, 0) is 20.7 Å². The predicted molar refractivity (Wildman–Crippen MR) is 92.2 cm³/mol. The first-order valence-electron chi connectivity index (χ1n) is 7.99. The Morgan fingerprint density at radius 2 is 1.84 bits per heavy atom. The van der Waals surface area contributed by atoms with E-state index in [0.29, 0.717) is 11.1 Å². The molecule has 0 atom stereocenters. The minimum atomic E-state index is -0.685. The number of hydrogen-bond donors (Lipinski definition) is 2. The van der Waals surface area contributed by atoms with E-state index in [0.717, 1.165) is 16.5 Å². The lowest BCUT2D eigenvalue weighted by Crippen LogP contribution is -2.44. The molecule has 2 rings (SSSR count). The number of ether oxygens (including phenoxy) is 1. The lowest BCUT2D eigenvalue weighted by Gasteiger charge is -2.09. The summed E-state index contributed by atoms with van der Waals surface area (Å²) in [6.45, 7) is 6.99. The van der Waals surface area contributed by atoms with Gasteiger partial charge in [-0.05, 0) is 51.0 Å². The third-order valence-corrected chi connectivity index (χ3v) is 3.64.